The van der Waals surface area contributed by atoms with Gasteiger partial charge in [-0.15, -0.1) is 0 Å². The first-order valence-electron chi connectivity index (χ1n) is 7.92. The molecule has 0 unspecified atom stereocenters. The molecule has 0 aliphatic rings. The van der Waals surface area contributed by atoms with Gasteiger partial charge in [-0.25, -0.2) is 4.79 Å². The summed E-state index contributed by atoms with van der Waals surface area (Å²) in [5, 5.41) is 26.1. The summed E-state index contributed by atoms with van der Waals surface area (Å²) in [6.45, 7) is 0.303. The van der Waals surface area contributed by atoms with Crippen molar-refractivity contribution in [3.05, 3.63) is 59.2 Å². The number of carbonyl (C=O) groups excluding carboxylic acids is 1. The van der Waals surface area contributed by atoms with E-state index in [1.807, 2.05) is 24.3 Å². The van der Waals surface area contributed by atoms with Crippen LogP contribution in [0.1, 0.15) is 27.9 Å². The van der Waals surface area contributed by atoms with E-state index in [1.54, 1.807) is 0 Å². The number of phenolic OH excluding ortho intramolecular Hbond substituents is 1. The van der Waals surface area contributed by atoms with Gasteiger partial charge in [-0.1, -0.05) is 24.3 Å². The minimum absolute atomic E-state index is 0.0456. The lowest BCUT2D eigenvalue weighted by Crippen LogP contribution is -2.15. The number of carbonyl (C=O) groups is 1. The molecule has 0 heterocycles. The van der Waals surface area contributed by atoms with E-state index < -0.39 is 5.97 Å². The Balaban J connectivity index is 1.82. The maximum atomic E-state index is 12.1. The average molecular weight is 363 g/mol. The Morgan fingerprint density at radius 2 is 1.77 bits per heavy atom. The molecule has 2 aromatic rings. The van der Waals surface area contributed by atoms with E-state index in [1.165, 1.54) is 25.3 Å². The lowest BCUT2D eigenvalue weighted by atomic mass is 10.1. The number of hydrogen-bond donors (Lipinski definition) is 3. The Hall–Kier alpha value is -2.65. The van der Waals surface area contributed by atoms with Crippen LogP contribution < -0.4 is 4.74 Å². The van der Waals surface area contributed by atoms with Crippen LogP contribution in [0.2, 0.25) is 0 Å². The van der Waals surface area contributed by atoms with Gasteiger partial charge in [0.15, 0.2) is 11.5 Å². The van der Waals surface area contributed by atoms with E-state index in [0.717, 1.165) is 11.1 Å². The molecule has 0 aliphatic carbocycles. The molecule has 0 saturated carbocycles. The third-order valence-electron chi connectivity index (χ3n) is 3.62. The fourth-order valence-corrected chi connectivity index (χ4v) is 2.26. The van der Waals surface area contributed by atoms with Crippen LogP contribution in [-0.2, 0) is 22.6 Å². The highest BCUT2D eigenvalue weighted by molar-refractivity contribution is 5.90. The second kappa shape index (κ2) is 9.73. The van der Waals surface area contributed by atoms with Crippen LogP contribution in [0.15, 0.2) is 42.5 Å². The number of benzene rings is 2. The van der Waals surface area contributed by atoms with Crippen molar-refractivity contribution in [2.45, 2.75) is 19.4 Å². The molecule has 0 amide bonds. The van der Waals surface area contributed by atoms with E-state index in [9.17, 15) is 9.90 Å². The molecule has 0 aliphatic heterocycles. The lowest BCUT2D eigenvalue weighted by Gasteiger charge is -2.09. The minimum atomic E-state index is -0.512. The molecule has 8 heteroatoms. The molecule has 0 bridgehead atoms. The maximum Gasteiger partial charge on any atom is 0.338 e. The Kier molecular flexibility index (Phi) is 7.37. The fraction of sp³-hybridized carbons (Fsp3) is 0.278. The Bertz CT molecular complexity index is 716. The predicted molar refractivity (Wildman–Crippen MR) is 89.9 cm³/mol. The van der Waals surface area contributed by atoms with Crippen LogP contribution in [0.5, 0.6) is 11.5 Å². The zero-order valence-corrected chi connectivity index (χ0v) is 14.3. The summed E-state index contributed by atoms with van der Waals surface area (Å²) in [6, 6.07) is 11.8. The molecule has 0 saturated heterocycles. The highest BCUT2D eigenvalue weighted by Crippen LogP contribution is 2.26. The average Bonchev–Trinajstić information content (AvgIpc) is 2.64. The molecule has 0 radical (unpaired) electrons. The quantitative estimate of drug-likeness (QED) is 0.354. The largest absolute Gasteiger partial charge is 0.504 e. The molecule has 3 N–H and O–H groups in total. The van der Waals surface area contributed by atoms with Crippen LogP contribution >= 0.6 is 0 Å². The summed E-state index contributed by atoms with van der Waals surface area (Å²) < 4.78 is 10.2. The van der Waals surface area contributed by atoms with Crippen LogP contribution in [-0.4, -0.2) is 40.6 Å². The second-order valence-corrected chi connectivity index (χ2v) is 5.47. The molecule has 2 aromatic carbocycles. The second-order valence-electron chi connectivity index (χ2n) is 5.47. The van der Waals surface area contributed by atoms with Gasteiger partial charge < -0.3 is 14.6 Å². The first-order valence-corrected chi connectivity index (χ1v) is 7.92. The van der Waals surface area contributed by atoms with Crippen molar-refractivity contribution in [1.29, 1.82) is 0 Å². The number of esters is 1. The van der Waals surface area contributed by atoms with E-state index >= 15 is 0 Å². The Labute approximate surface area is 150 Å². The van der Waals surface area contributed by atoms with Gasteiger partial charge in [0.2, 0.25) is 0 Å². The number of rotatable bonds is 9. The normalized spacial score (nSPS) is 10.8. The first-order chi connectivity index (χ1) is 12.5. The van der Waals surface area contributed by atoms with Crippen LogP contribution in [0.4, 0.5) is 0 Å². The third kappa shape index (κ3) is 6.01. The number of hydrogen-bond acceptors (Lipinski definition) is 8. The van der Waals surface area contributed by atoms with Crippen LogP contribution in [0, 0.1) is 0 Å². The van der Waals surface area contributed by atoms with Gasteiger partial charge in [-0.3, -0.25) is 15.3 Å². The van der Waals surface area contributed by atoms with Gasteiger partial charge in [0, 0.05) is 0 Å². The summed E-state index contributed by atoms with van der Waals surface area (Å²) in [4.78, 5) is 16.6. The predicted octanol–water partition coefficient (Wildman–Crippen LogP) is 2.70. The molecule has 0 aromatic heterocycles. The fourth-order valence-electron chi connectivity index (χ4n) is 2.26. The van der Waals surface area contributed by atoms with Gasteiger partial charge in [-0.2, -0.15) is 0 Å². The zero-order valence-electron chi connectivity index (χ0n) is 14.3. The van der Waals surface area contributed by atoms with Crippen molar-refractivity contribution < 1.29 is 34.6 Å². The van der Waals surface area contributed by atoms with E-state index in [2.05, 4.69) is 4.84 Å². The SMILES string of the molecule is COc1cc(C(=O)OCc2ccc(CCCON(O)O)cc2)ccc1O. The van der Waals surface area contributed by atoms with Crippen molar-refractivity contribution >= 4 is 5.97 Å². The Morgan fingerprint density at radius 1 is 1.08 bits per heavy atom. The van der Waals surface area contributed by atoms with E-state index in [0.29, 0.717) is 12.8 Å². The number of nitrogens with zero attached hydrogens (tertiary/aromatic N) is 1. The number of aromatic hydroxyl groups is 1. The Morgan fingerprint density at radius 3 is 2.42 bits per heavy atom. The van der Waals surface area contributed by atoms with Crippen LogP contribution in [0.25, 0.3) is 0 Å². The molecule has 8 nitrogen and oxygen atoms in total. The number of ether oxygens (including phenoxy) is 2. The molecular weight excluding hydrogens is 342 g/mol. The van der Waals surface area contributed by atoms with Gasteiger partial charge in [-0.05, 0) is 42.2 Å². The number of phenols is 1. The van der Waals surface area contributed by atoms with Gasteiger partial charge >= 0.3 is 5.97 Å². The smallest absolute Gasteiger partial charge is 0.338 e. The summed E-state index contributed by atoms with van der Waals surface area (Å²) >= 11 is 0. The van der Waals surface area contributed by atoms with Gasteiger partial charge in [0.1, 0.15) is 6.61 Å². The highest BCUT2D eigenvalue weighted by atomic mass is 17.1. The van der Waals surface area contributed by atoms with Crippen molar-refractivity contribution in [3.8, 4) is 11.5 Å². The summed E-state index contributed by atoms with van der Waals surface area (Å²) in [7, 11) is 1.40. The molecule has 26 heavy (non-hydrogen) atoms. The summed E-state index contributed by atoms with van der Waals surface area (Å²) in [5.41, 5.74) is 2.17. The van der Waals surface area contributed by atoms with Gasteiger partial charge in [0.25, 0.3) is 0 Å². The van der Waals surface area contributed by atoms with E-state index in [-0.39, 0.29) is 35.7 Å². The standard InChI is InChI=1S/C18H21NO7/c1-24-17-11-15(8-9-16(17)20)18(21)25-12-14-6-4-13(5-7-14)3-2-10-26-19(22)23/h4-9,11,20,22-23H,2-3,10,12H2,1H3. The first kappa shape index (κ1) is 19.7. The van der Waals surface area contributed by atoms with Crippen molar-refractivity contribution in [2.24, 2.45) is 0 Å². The van der Waals surface area contributed by atoms with Crippen molar-refractivity contribution in [3.63, 3.8) is 0 Å². The third-order valence-corrected chi connectivity index (χ3v) is 3.62. The maximum absolute atomic E-state index is 12.1. The van der Waals surface area contributed by atoms with Crippen molar-refractivity contribution in [1.82, 2.24) is 5.39 Å². The molecule has 0 spiro atoms. The van der Waals surface area contributed by atoms with Gasteiger partial charge in [0.05, 0.1) is 24.7 Å². The number of aryl methyl sites for hydroxylation is 1. The topological polar surface area (TPSA) is 109 Å². The molecule has 2 rings (SSSR count). The van der Waals surface area contributed by atoms with Crippen LogP contribution in [0.3, 0.4) is 0 Å². The highest BCUT2D eigenvalue weighted by Gasteiger charge is 2.11. The number of methoxy groups -OCH3 is 1. The summed E-state index contributed by atoms with van der Waals surface area (Å²) in [5.74, 6) is -0.351. The minimum Gasteiger partial charge on any atom is -0.504 e. The van der Waals surface area contributed by atoms with Crippen molar-refractivity contribution in [2.75, 3.05) is 13.7 Å². The molecule has 140 valence electrons. The summed E-state index contributed by atoms with van der Waals surface area (Å²) in [6.07, 6.45) is 1.33. The molecular formula is C18H21NO7. The lowest BCUT2D eigenvalue weighted by molar-refractivity contribution is -0.492. The molecule has 0 fully saturated rings. The van der Waals surface area contributed by atoms with E-state index in [4.69, 9.17) is 19.9 Å². The monoisotopic (exact) mass is 363 g/mol. The molecule has 0 atom stereocenters. The zero-order chi connectivity index (χ0) is 18.9.